The van der Waals surface area contributed by atoms with E-state index in [9.17, 15) is 0 Å². The molecule has 1 heterocycles. The van der Waals surface area contributed by atoms with Gasteiger partial charge in [0.15, 0.2) is 0 Å². The molecular formula is C14H12N2. The standard InChI is InChI=1S/C14H12N2/c1-10-15-9-14(16-10)13-8-4-6-11-5-2-3-7-12(11)13/h2-9H,1H3,(H,15,16). The zero-order valence-electron chi connectivity index (χ0n) is 9.07. The third-order valence-corrected chi connectivity index (χ3v) is 2.77. The average molecular weight is 208 g/mol. The molecule has 78 valence electrons. The van der Waals surface area contributed by atoms with Crippen molar-refractivity contribution in [2.45, 2.75) is 6.92 Å². The van der Waals surface area contributed by atoms with Gasteiger partial charge in [-0.3, -0.25) is 0 Å². The van der Waals surface area contributed by atoms with Gasteiger partial charge in [-0.05, 0) is 17.7 Å². The number of aryl methyl sites for hydroxylation is 1. The Bertz CT molecular complexity index is 633. The van der Waals surface area contributed by atoms with E-state index in [0.717, 1.165) is 11.5 Å². The molecular weight excluding hydrogens is 196 g/mol. The highest BCUT2D eigenvalue weighted by atomic mass is 14.9. The molecule has 0 atom stereocenters. The minimum atomic E-state index is 0.947. The Kier molecular flexibility index (Phi) is 2.00. The van der Waals surface area contributed by atoms with Gasteiger partial charge < -0.3 is 4.98 Å². The van der Waals surface area contributed by atoms with E-state index < -0.39 is 0 Å². The van der Waals surface area contributed by atoms with Gasteiger partial charge in [0, 0.05) is 11.8 Å². The highest BCUT2D eigenvalue weighted by Crippen LogP contribution is 2.26. The van der Waals surface area contributed by atoms with Crippen molar-refractivity contribution >= 4 is 10.8 Å². The predicted molar refractivity (Wildman–Crippen MR) is 66.3 cm³/mol. The third-order valence-electron chi connectivity index (χ3n) is 2.77. The second-order valence-corrected chi connectivity index (χ2v) is 3.90. The van der Waals surface area contributed by atoms with Gasteiger partial charge >= 0.3 is 0 Å². The maximum Gasteiger partial charge on any atom is 0.103 e. The molecule has 0 aliphatic rings. The molecule has 16 heavy (non-hydrogen) atoms. The lowest BCUT2D eigenvalue weighted by Gasteiger charge is -2.02. The molecule has 3 aromatic rings. The van der Waals surface area contributed by atoms with Crippen LogP contribution in [0.5, 0.6) is 0 Å². The average Bonchev–Trinajstić information content (AvgIpc) is 2.75. The Labute approximate surface area is 94.0 Å². The highest BCUT2D eigenvalue weighted by molar-refractivity contribution is 5.95. The number of nitrogens with zero attached hydrogens (tertiary/aromatic N) is 1. The summed E-state index contributed by atoms with van der Waals surface area (Å²) < 4.78 is 0. The second kappa shape index (κ2) is 3.49. The number of nitrogens with one attached hydrogen (secondary N) is 1. The molecule has 3 rings (SSSR count). The van der Waals surface area contributed by atoms with Gasteiger partial charge in [0.05, 0.1) is 5.69 Å². The number of benzene rings is 2. The van der Waals surface area contributed by atoms with Crippen LogP contribution in [0.2, 0.25) is 0 Å². The Morgan fingerprint density at radius 2 is 1.81 bits per heavy atom. The Morgan fingerprint density at radius 1 is 1.00 bits per heavy atom. The van der Waals surface area contributed by atoms with Crippen molar-refractivity contribution in [1.29, 1.82) is 0 Å². The van der Waals surface area contributed by atoms with E-state index in [1.165, 1.54) is 16.3 Å². The number of aromatic nitrogens is 2. The summed E-state index contributed by atoms with van der Waals surface area (Å²) in [7, 11) is 0. The summed E-state index contributed by atoms with van der Waals surface area (Å²) in [6.45, 7) is 1.97. The molecule has 0 saturated carbocycles. The van der Waals surface area contributed by atoms with Crippen LogP contribution in [0.1, 0.15) is 5.82 Å². The topological polar surface area (TPSA) is 28.7 Å². The first kappa shape index (κ1) is 9.16. The van der Waals surface area contributed by atoms with Crippen molar-refractivity contribution < 1.29 is 0 Å². The molecule has 2 heteroatoms. The minimum absolute atomic E-state index is 0.947. The molecule has 0 radical (unpaired) electrons. The van der Waals surface area contributed by atoms with E-state index in [1.807, 2.05) is 13.1 Å². The lowest BCUT2D eigenvalue weighted by molar-refractivity contribution is 1.15. The molecule has 1 aromatic heterocycles. The van der Waals surface area contributed by atoms with Crippen LogP contribution in [0.3, 0.4) is 0 Å². The first-order chi connectivity index (χ1) is 7.84. The van der Waals surface area contributed by atoms with Crippen LogP contribution in [0.4, 0.5) is 0 Å². The van der Waals surface area contributed by atoms with E-state index in [2.05, 4.69) is 52.4 Å². The van der Waals surface area contributed by atoms with Gasteiger partial charge in [0.2, 0.25) is 0 Å². The summed E-state index contributed by atoms with van der Waals surface area (Å²) in [6, 6.07) is 14.7. The summed E-state index contributed by atoms with van der Waals surface area (Å²) >= 11 is 0. The lowest BCUT2D eigenvalue weighted by atomic mass is 10.0. The predicted octanol–water partition coefficient (Wildman–Crippen LogP) is 3.54. The fourth-order valence-corrected chi connectivity index (χ4v) is 2.00. The van der Waals surface area contributed by atoms with Gasteiger partial charge in [-0.15, -0.1) is 0 Å². The van der Waals surface area contributed by atoms with Crippen molar-refractivity contribution in [1.82, 2.24) is 9.97 Å². The molecule has 2 nitrogen and oxygen atoms in total. The van der Waals surface area contributed by atoms with Crippen molar-refractivity contribution in [2.24, 2.45) is 0 Å². The van der Waals surface area contributed by atoms with Gasteiger partial charge in [-0.2, -0.15) is 0 Å². The number of aromatic amines is 1. The van der Waals surface area contributed by atoms with Crippen molar-refractivity contribution in [3.8, 4) is 11.3 Å². The van der Waals surface area contributed by atoms with Gasteiger partial charge in [0.1, 0.15) is 5.82 Å². The summed E-state index contributed by atoms with van der Waals surface area (Å²) in [5, 5.41) is 2.50. The van der Waals surface area contributed by atoms with E-state index in [4.69, 9.17) is 0 Å². The fourth-order valence-electron chi connectivity index (χ4n) is 2.00. The monoisotopic (exact) mass is 208 g/mol. The number of H-pyrrole nitrogens is 1. The molecule has 2 aromatic carbocycles. The molecule has 1 N–H and O–H groups in total. The fraction of sp³-hybridized carbons (Fsp3) is 0.0714. The maximum absolute atomic E-state index is 4.48. The number of imidazole rings is 1. The molecule has 0 saturated heterocycles. The van der Waals surface area contributed by atoms with Crippen LogP contribution >= 0.6 is 0 Å². The van der Waals surface area contributed by atoms with E-state index in [1.54, 1.807) is 0 Å². The van der Waals surface area contributed by atoms with Crippen LogP contribution in [-0.4, -0.2) is 9.97 Å². The number of rotatable bonds is 1. The van der Waals surface area contributed by atoms with Crippen molar-refractivity contribution in [3.63, 3.8) is 0 Å². The highest BCUT2D eigenvalue weighted by Gasteiger charge is 2.05. The largest absolute Gasteiger partial charge is 0.348 e. The maximum atomic E-state index is 4.48. The first-order valence-corrected chi connectivity index (χ1v) is 5.35. The van der Waals surface area contributed by atoms with Crippen LogP contribution in [-0.2, 0) is 0 Å². The molecule has 0 amide bonds. The number of fused-ring (bicyclic) bond motifs is 1. The van der Waals surface area contributed by atoms with E-state index >= 15 is 0 Å². The van der Waals surface area contributed by atoms with Crippen LogP contribution in [0.15, 0.2) is 48.7 Å². The second-order valence-electron chi connectivity index (χ2n) is 3.90. The smallest absolute Gasteiger partial charge is 0.103 e. The van der Waals surface area contributed by atoms with Gasteiger partial charge in [-0.1, -0.05) is 42.5 Å². The summed E-state index contributed by atoms with van der Waals surface area (Å²) in [4.78, 5) is 7.60. The van der Waals surface area contributed by atoms with Crippen LogP contribution in [0.25, 0.3) is 22.0 Å². The number of hydrogen-bond acceptors (Lipinski definition) is 1. The summed E-state index contributed by atoms with van der Waals surface area (Å²) in [6.07, 6.45) is 1.96. The molecule has 0 aliphatic heterocycles. The summed E-state index contributed by atoms with van der Waals surface area (Å²) in [5.74, 6) is 0.947. The Morgan fingerprint density at radius 3 is 2.62 bits per heavy atom. The molecule has 0 aliphatic carbocycles. The summed E-state index contributed by atoms with van der Waals surface area (Å²) in [5.41, 5.74) is 2.19. The van der Waals surface area contributed by atoms with Crippen molar-refractivity contribution in [3.05, 3.63) is 54.5 Å². The molecule has 0 bridgehead atoms. The molecule has 0 fully saturated rings. The van der Waals surface area contributed by atoms with E-state index in [0.29, 0.717) is 0 Å². The molecule has 0 unspecified atom stereocenters. The van der Waals surface area contributed by atoms with E-state index in [-0.39, 0.29) is 0 Å². The van der Waals surface area contributed by atoms with Gasteiger partial charge in [0.25, 0.3) is 0 Å². The van der Waals surface area contributed by atoms with Gasteiger partial charge in [-0.25, -0.2) is 4.98 Å². The minimum Gasteiger partial charge on any atom is -0.348 e. The zero-order chi connectivity index (χ0) is 11.0. The Balaban J connectivity index is 2.31. The lowest BCUT2D eigenvalue weighted by Crippen LogP contribution is -1.81. The zero-order valence-corrected chi connectivity index (χ0v) is 9.07. The quantitative estimate of drug-likeness (QED) is 0.651. The first-order valence-electron chi connectivity index (χ1n) is 5.35. The van der Waals surface area contributed by atoms with Crippen LogP contribution < -0.4 is 0 Å². The number of hydrogen-bond donors (Lipinski definition) is 1. The van der Waals surface area contributed by atoms with Crippen LogP contribution in [0, 0.1) is 6.92 Å². The Hall–Kier alpha value is -2.09. The SMILES string of the molecule is Cc1nc(-c2cccc3ccccc23)c[nH]1. The third kappa shape index (κ3) is 1.39. The van der Waals surface area contributed by atoms with Crippen molar-refractivity contribution in [2.75, 3.05) is 0 Å². The normalized spacial score (nSPS) is 10.8. The molecule has 0 spiro atoms.